The highest BCUT2D eigenvalue weighted by molar-refractivity contribution is 14.1. The molecule has 3 nitrogen and oxygen atoms in total. The molecule has 0 amide bonds. The molecule has 2 rings (SSSR count). The summed E-state index contributed by atoms with van der Waals surface area (Å²) in [4.78, 5) is 8.36. The van der Waals surface area contributed by atoms with Gasteiger partial charge in [-0.15, -0.1) is 0 Å². The van der Waals surface area contributed by atoms with Gasteiger partial charge in [-0.3, -0.25) is 4.57 Å². The van der Waals surface area contributed by atoms with Gasteiger partial charge in [0.2, 0.25) is 0 Å². The lowest BCUT2D eigenvalue weighted by Gasteiger charge is -2.07. The maximum atomic E-state index is 5.86. The predicted molar refractivity (Wildman–Crippen MR) is 68.6 cm³/mol. The van der Waals surface area contributed by atoms with Gasteiger partial charge in [-0.2, -0.15) is 0 Å². The topological polar surface area (TPSA) is 30.7 Å². The second-order valence-corrected chi connectivity index (χ2v) is 4.62. The molecule has 0 saturated heterocycles. The maximum absolute atomic E-state index is 5.86. The van der Waals surface area contributed by atoms with Crippen molar-refractivity contribution < 1.29 is 0 Å². The SMILES string of the molecule is Cc1nc(I)c(C)n1-c1ccnc(Cl)c1. The van der Waals surface area contributed by atoms with Crippen LogP contribution in [0.4, 0.5) is 0 Å². The van der Waals surface area contributed by atoms with Gasteiger partial charge in [0.1, 0.15) is 14.7 Å². The van der Waals surface area contributed by atoms with Crippen LogP contribution in [0.3, 0.4) is 0 Å². The fourth-order valence-corrected chi connectivity index (χ4v) is 2.28. The average Bonchev–Trinajstić information content (AvgIpc) is 2.41. The lowest BCUT2D eigenvalue weighted by Crippen LogP contribution is -1.99. The number of pyridine rings is 1. The summed E-state index contributed by atoms with van der Waals surface area (Å²) >= 11 is 8.09. The van der Waals surface area contributed by atoms with Gasteiger partial charge in [0, 0.05) is 6.20 Å². The minimum atomic E-state index is 0.495. The lowest BCUT2D eigenvalue weighted by atomic mass is 10.3. The molecule has 0 atom stereocenters. The zero-order valence-electron chi connectivity index (χ0n) is 8.33. The number of imidazole rings is 1. The van der Waals surface area contributed by atoms with Crippen molar-refractivity contribution in [2.75, 3.05) is 0 Å². The highest BCUT2D eigenvalue weighted by atomic mass is 127. The summed E-state index contributed by atoms with van der Waals surface area (Å²) < 4.78 is 3.08. The third-order valence-electron chi connectivity index (χ3n) is 2.19. The molecule has 2 aromatic heterocycles. The smallest absolute Gasteiger partial charge is 0.131 e. The average molecular weight is 334 g/mol. The van der Waals surface area contributed by atoms with Crippen LogP contribution in [-0.2, 0) is 0 Å². The summed E-state index contributed by atoms with van der Waals surface area (Å²) in [6, 6.07) is 3.75. The number of rotatable bonds is 1. The van der Waals surface area contributed by atoms with Crippen molar-refractivity contribution in [2.24, 2.45) is 0 Å². The molecule has 15 heavy (non-hydrogen) atoms. The van der Waals surface area contributed by atoms with Crippen LogP contribution in [0.1, 0.15) is 11.5 Å². The summed E-state index contributed by atoms with van der Waals surface area (Å²) in [5.74, 6) is 0.958. The molecule has 2 aromatic rings. The van der Waals surface area contributed by atoms with Crippen molar-refractivity contribution >= 4 is 34.2 Å². The van der Waals surface area contributed by atoms with Crippen molar-refractivity contribution in [1.82, 2.24) is 14.5 Å². The molecule has 0 aromatic carbocycles. The first-order valence-corrected chi connectivity index (χ1v) is 5.88. The molecule has 0 spiro atoms. The van der Waals surface area contributed by atoms with Crippen LogP contribution < -0.4 is 0 Å². The van der Waals surface area contributed by atoms with Gasteiger partial charge in [0.05, 0.1) is 11.4 Å². The van der Waals surface area contributed by atoms with Crippen LogP contribution >= 0.6 is 34.2 Å². The minimum Gasteiger partial charge on any atom is -0.300 e. The normalized spacial score (nSPS) is 10.7. The van der Waals surface area contributed by atoms with E-state index in [0.29, 0.717) is 5.15 Å². The van der Waals surface area contributed by atoms with E-state index in [1.54, 1.807) is 6.20 Å². The maximum Gasteiger partial charge on any atom is 0.131 e. The lowest BCUT2D eigenvalue weighted by molar-refractivity contribution is 0.937. The Balaban J connectivity index is 2.63. The molecule has 0 saturated carbocycles. The highest BCUT2D eigenvalue weighted by Crippen LogP contribution is 2.20. The van der Waals surface area contributed by atoms with E-state index in [-0.39, 0.29) is 0 Å². The van der Waals surface area contributed by atoms with Crippen molar-refractivity contribution in [3.63, 3.8) is 0 Å². The van der Waals surface area contributed by atoms with Crippen molar-refractivity contribution in [1.29, 1.82) is 0 Å². The molecule has 0 N–H and O–H groups in total. The van der Waals surface area contributed by atoms with Gasteiger partial charge in [0.15, 0.2) is 0 Å². The van der Waals surface area contributed by atoms with E-state index >= 15 is 0 Å². The van der Waals surface area contributed by atoms with Gasteiger partial charge in [-0.1, -0.05) is 11.6 Å². The first-order chi connectivity index (χ1) is 7.09. The number of hydrogen-bond donors (Lipinski definition) is 0. The summed E-state index contributed by atoms with van der Waals surface area (Å²) in [6.07, 6.45) is 1.70. The predicted octanol–water partition coefficient (Wildman–Crippen LogP) is 3.14. The largest absolute Gasteiger partial charge is 0.300 e. The zero-order chi connectivity index (χ0) is 11.0. The molecule has 0 aliphatic heterocycles. The van der Waals surface area contributed by atoms with E-state index in [0.717, 1.165) is 20.9 Å². The number of halogens is 2. The Hall–Kier alpha value is -0.620. The summed E-state index contributed by atoms with van der Waals surface area (Å²) in [5, 5.41) is 0.495. The monoisotopic (exact) mass is 333 g/mol. The standard InChI is InChI=1S/C10H9ClIN3/c1-6-10(12)14-7(2)15(6)8-3-4-13-9(11)5-8/h3-5H,1-2H3. The fraction of sp³-hybridized carbons (Fsp3) is 0.200. The van der Waals surface area contributed by atoms with Crippen molar-refractivity contribution in [3.8, 4) is 5.69 Å². The molecule has 5 heteroatoms. The van der Waals surface area contributed by atoms with Gasteiger partial charge < -0.3 is 0 Å². The van der Waals surface area contributed by atoms with E-state index in [1.807, 2.05) is 26.0 Å². The van der Waals surface area contributed by atoms with Gasteiger partial charge in [0.25, 0.3) is 0 Å². The Morgan fingerprint density at radius 3 is 2.67 bits per heavy atom. The molecular weight excluding hydrogens is 324 g/mol. The minimum absolute atomic E-state index is 0.495. The molecule has 0 bridgehead atoms. The molecule has 0 unspecified atom stereocenters. The molecule has 0 aliphatic carbocycles. The molecular formula is C10H9ClIN3. The van der Waals surface area contributed by atoms with Crippen LogP contribution in [0.5, 0.6) is 0 Å². The Labute approximate surface area is 107 Å². The van der Waals surface area contributed by atoms with Crippen LogP contribution in [0.15, 0.2) is 18.3 Å². The second kappa shape index (κ2) is 4.09. The number of aromatic nitrogens is 3. The first kappa shape index (κ1) is 10.9. The molecule has 2 heterocycles. The van der Waals surface area contributed by atoms with Crippen LogP contribution in [0, 0.1) is 17.5 Å². The van der Waals surface area contributed by atoms with Gasteiger partial charge >= 0.3 is 0 Å². The van der Waals surface area contributed by atoms with E-state index in [9.17, 15) is 0 Å². The zero-order valence-corrected chi connectivity index (χ0v) is 11.2. The van der Waals surface area contributed by atoms with E-state index in [2.05, 4.69) is 37.1 Å². The third-order valence-corrected chi connectivity index (χ3v) is 3.41. The fourth-order valence-electron chi connectivity index (χ4n) is 1.52. The quantitative estimate of drug-likeness (QED) is 0.593. The summed E-state index contributed by atoms with van der Waals surface area (Å²) in [5.41, 5.74) is 2.12. The van der Waals surface area contributed by atoms with E-state index < -0.39 is 0 Å². The van der Waals surface area contributed by atoms with Crippen molar-refractivity contribution in [3.05, 3.63) is 38.7 Å². The van der Waals surface area contributed by atoms with Crippen molar-refractivity contribution in [2.45, 2.75) is 13.8 Å². The Morgan fingerprint density at radius 2 is 2.13 bits per heavy atom. The molecule has 0 aliphatic rings. The van der Waals surface area contributed by atoms with Crippen LogP contribution in [0.2, 0.25) is 5.15 Å². The Kier molecular flexibility index (Phi) is 2.97. The Morgan fingerprint density at radius 1 is 1.40 bits per heavy atom. The Bertz CT molecular complexity index is 507. The third kappa shape index (κ3) is 2.01. The first-order valence-electron chi connectivity index (χ1n) is 4.43. The molecule has 78 valence electrons. The molecule has 0 radical (unpaired) electrons. The van der Waals surface area contributed by atoms with Crippen LogP contribution in [-0.4, -0.2) is 14.5 Å². The highest BCUT2D eigenvalue weighted by Gasteiger charge is 2.10. The number of hydrogen-bond acceptors (Lipinski definition) is 2. The molecule has 0 fully saturated rings. The summed E-state index contributed by atoms with van der Waals surface area (Å²) in [6.45, 7) is 4.01. The number of aryl methyl sites for hydroxylation is 1. The van der Waals surface area contributed by atoms with Gasteiger partial charge in [-0.25, -0.2) is 9.97 Å². The van der Waals surface area contributed by atoms with Gasteiger partial charge in [-0.05, 0) is 48.6 Å². The van der Waals surface area contributed by atoms with E-state index in [4.69, 9.17) is 11.6 Å². The number of nitrogens with zero attached hydrogens (tertiary/aromatic N) is 3. The van der Waals surface area contributed by atoms with Crippen LogP contribution in [0.25, 0.3) is 5.69 Å². The second-order valence-electron chi connectivity index (χ2n) is 3.21. The summed E-state index contributed by atoms with van der Waals surface area (Å²) in [7, 11) is 0. The van der Waals surface area contributed by atoms with E-state index in [1.165, 1.54) is 0 Å².